The molecule has 1 aliphatic rings. The van der Waals surface area contributed by atoms with Gasteiger partial charge in [0.05, 0.1) is 64.8 Å². The van der Waals surface area contributed by atoms with Gasteiger partial charge in [0.15, 0.2) is 0 Å². The van der Waals surface area contributed by atoms with Crippen molar-refractivity contribution in [3.8, 4) is 10.4 Å². The summed E-state index contributed by atoms with van der Waals surface area (Å²) in [6.07, 6.45) is 10.8. The molecule has 4 aromatic heterocycles. The second-order valence-corrected chi connectivity index (χ2v) is 12.3. The minimum atomic E-state index is -0.522. The number of hydrogen-bond acceptors (Lipinski definition) is 8. The number of amides is 2. The molecule has 39 heavy (non-hydrogen) atoms. The molecule has 5 rings (SSSR count). The lowest BCUT2D eigenvalue weighted by atomic mass is 10.0. The van der Waals surface area contributed by atoms with Gasteiger partial charge in [0, 0.05) is 23.5 Å². The van der Waals surface area contributed by atoms with Gasteiger partial charge in [-0.1, -0.05) is 0 Å². The van der Waals surface area contributed by atoms with E-state index in [2.05, 4.69) is 44.6 Å². The third-order valence-corrected chi connectivity index (χ3v) is 8.50. The number of aryl methyl sites for hydroxylation is 1. The summed E-state index contributed by atoms with van der Waals surface area (Å²) < 4.78 is 3.40. The van der Waals surface area contributed by atoms with Gasteiger partial charge in [0.1, 0.15) is 4.83 Å². The van der Waals surface area contributed by atoms with E-state index in [1.165, 1.54) is 17.5 Å². The first-order valence-corrected chi connectivity index (χ1v) is 13.7. The van der Waals surface area contributed by atoms with E-state index in [9.17, 15) is 14.7 Å². The summed E-state index contributed by atoms with van der Waals surface area (Å²) >= 11 is 1.43. The van der Waals surface area contributed by atoms with Crippen LogP contribution in [0.4, 0.5) is 11.4 Å². The summed E-state index contributed by atoms with van der Waals surface area (Å²) in [7, 11) is 0. The Morgan fingerprint density at radius 1 is 1.15 bits per heavy atom. The van der Waals surface area contributed by atoms with Crippen molar-refractivity contribution in [2.24, 2.45) is 0 Å². The maximum Gasteiger partial charge on any atom is 0.260 e. The first-order valence-electron chi connectivity index (χ1n) is 12.9. The predicted molar refractivity (Wildman–Crippen MR) is 151 cm³/mol. The number of aliphatic hydroxyl groups is 1. The first-order chi connectivity index (χ1) is 18.5. The van der Waals surface area contributed by atoms with Crippen LogP contribution in [0.5, 0.6) is 0 Å². The van der Waals surface area contributed by atoms with Crippen molar-refractivity contribution < 1.29 is 14.7 Å². The molecule has 1 aliphatic heterocycles. The smallest absolute Gasteiger partial charge is 0.260 e. The Balaban J connectivity index is 1.30. The average molecular weight is 551 g/mol. The number of anilines is 2. The molecule has 206 valence electrons. The molecular formula is C27H34N8O3S. The molecule has 1 fully saturated rings. The third-order valence-electron chi connectivity index (χ3n) is 7.34. The largest absolute Gasteiger partial charge is 0.394 e. The number of pyridine rings is 1. The molecule has 0 aliphatic carbocycles. The zero-order valence-electron chi connectivity index (χ0n) is 22.9. The Morgan fingerprint density at radius 3 is 2.67 bits per heavy atom. The van der Waals surface area contributed by atoms with E-state index in [0.717, 1.165) is 29.8 Å². The Morgan fingerprint density at radius 2 is 1.95 bits per heavy atom. The van der Waals surface area contributed by atoms with Crippen LogP contribution in [-0.4, -0.2) is 71.4 Å². The van der Waals surface area contributed by atoms with Crippen LogP contribution in [0, 0.1) is 6.92 Å². The number of likely N-dealkylation sites (tertiary alicyclic amines) is 1. The highest BCUT2D eigenvalue weighted by molar-refractivity contribution is 7.21. The fourth-order valence-corrected chi connectivity index (χ4v) is 5.71. The molecule has 12 heteroatoms. The Hall–Kier alpha value is -3.61. The molecule has 0 radical (unpaired) electrons. The highest BCUT2D eigenvalue weighted by Gasteiger charge is 2.33. The van der Waals surface area contributed by atoms with E-state index in [-0.39, 0.29) is 24.0 Å². The zero-order chi connectivity index (χ0) is 27.9. The lowest BCUT2D eigenvalue weighted by Crippen LogP contribution is -2.42. The van der Waals surface area contributed by atoms with Crippen LogP contribution in [0.15, 0.2) is 37.1 Å². The molecule has 0 bridgehead atoms. The van der Waals surface area contributed by atoms with Crippen LogP contribution in [-0.2, 0) is 10.3 Å². The summed E-state index contributed by atoms with van der Waals surface area (Å²) in [6.45, 7) is 11.1. The monoisotopic (exact) mass is 550 g/mol. The molecule has 0 atom stereocenters. The third kappa shape index (κ3) is 5.45. The first kappa shape index (κ1) is 27.0. The quantitative estimate of drug-likeness (QED) is 0.305. The number of fused-ring (bicyclic) bond motifs is 1. The standard InChI is InChI=1S/C27H34N8O3S/c1-17-21(9-19(11-28-17)31-23(37)15-33-8-6-7-26(33,2)3)32-24(38)20-12-29-34-14-22(39-25(20)34)18-10-30-35(13-18)27(4,5)16-36/h9-14,36H,6-8,15-16H2,1-5H3,(H,31,37)(H,32,38). The summed E-state index contributed by atoms with van der Waals surface area (Å²) in [5.74, 6) is -0.425. The summed E-state index contributed by atoms with van der Waals surface area (Å²) in [6, 6.07) is 1.73. The van der Waals surface area contributed by atoms with Gasteiger partial charge in [0.25, 0.3) is 5.91 Å². The van der Waals surface area contributed by atoms with Gasteiger partial charge in [-0.25, -0.2) is 4.52 Å². The summed E-state index contributed by atoms with van der Waals surface area (Å²) in [5.41, 5.74) is 2.47. The highest BCUT2D eigenvalue weighted by atomic mass is 32.1. The van der Waals surface area contributed by atoms with Crippen molar-refractivity contribution >= 4 is 39.4 Å². The van der Waals surface area contributed by atoms with E-state index in [0.29, 0.717) is 34.0 Å². The van der Waals surface area contributed by atoms with E-state index in [4.69, 9.17) is 0 Å². The molecule has 1 saturated heterocycles. The predicted octanol–water partition coefficient (Wildman–Crippen LogP) is 3.76. The molecule has 2 amide bonds. The van der Waals surface area contributed by atoms with Gasteiger partial charge in [-0.2, -0.15) is 10.2 Å². The van der Waals surface area contributed by atoms with Crippen molar-refractivity contribution in [1.82, 2.24) is 29.3 Å². The SMILES string of the molecule is Cc1ncc(NC(=O)CN2CCCC2(C)C)cc1NC(=O)c1cnn2cc(-c3cnn(C(C)(C)CO)c3)sc12. The van der Waals surface area contributed by atoms with Gasteiger partial charge < -0.3 is 15.7 Å². The van der Waals surface area contributed by atoms with Gasteiger partial charge in [-0.3, -0.25) is 24.2 Å². The molecule has 0 aromatic carbocycles. The van der Waals surface area contributed by atoms with Crippen LogP contribution in [0.25, 0.3) is 15.3 Å². The number of aromatic nitrogens is 5. The van der Waals surface area contributed by atoms with Gasteiger partial charge >= 0.3 is 0 Å². The number of hydrogen-bond donors (Lipinski definition) is 3. The van der Waals surface area contributed by atoms with Gasteiger partial charge in [-0.15, -0.1) is 11.3 Å². The number of nitrogens with one attached hydrogen (secondary N) is 2. The minimum Gasteiger partial charge on any atom is -0.394 e. The number of carbonyl (C=O) groups excluding carboxylic acids is 2. The number of thiazole rings is 1. The molecule has 11 nitrogen and oxygen atoms in total. The fourth-order valence-electron chi connectivity index (χ4n) is 4.68. The van der Waals surface area contributed by atoms with Crippen molar-refractivity contribution in [3.63, 3.8) is 0 Å². The number of carbonyl (C=O) groups is 2. The van der Waals surface area contributed by atoms with Crippen LogP contribution < -0.4 is 10.6 Å². The molecule has 3 N–H and O–H groups in total. The van der Waals surface area contributed by atoms with E-state index < -0.39 is 5.54 Å². The topological polar surface area (TPSA) is 130 Å². The number of nitrogens with zero attached hydrogens (tertiary/aromatic N) is 6. The lowest BCUT2D eigenvalue weighted by molar-refractivity contribution is -0.118. The molecule has 4 aromatic rings. The Bertz CT molecular complexity index is 1530. The second kappa shape index (κ2) is 10.2. The van der Waals surface area contributed by atoms with Gasteiger partial charge in [0.2, 0.25) is 5.91 Å². The van der Waals surface area contributed by atoms with Crippen molar-refractivity contribution in [2.45, 2.75) is 58.5 Å². The number of rotatable bonds is 8. The summed E-state index contributed by atoms with van der Waals surface area (Å²) in [4.78, 5) is 34.1. The van der Waals surface area contributed by atoms with Crippen LogP contribution >= 0.6 is 11.3 Å². The Kier molecular flexibility index (Phi) is 7.04. The van der Waals surface area contributed by atoms with E-state index >= 15 is 0 Å². The van der Waals surface area contributed by atoms with Crippen molar-refractivity contribution in [1.29, 1.82) is 0 Å². The van der Waals surface area contributed by atoms with Crippen molar-refractivity contribution in [3.05, 3.63) is 48.3 Å². The van der Waals surface area contributed by atoms with Gasteiger partial charge in [-0.05, 0) is 60.1 Å². The normalized spacial score (nSPS) is 15.6. The zero-order valence-corrected chi connectivity index (χ0v) is 23.7. The van der Waals surface area contributed by atoms with Crippen LogP contribution in [0.3, 0.4) is 0 Å². The maximum atomic E-state index is 13.3. The highest BCUT2D eigenvalue weighted by Crippen LogP contribution is 2.32. The molecule has 5 heterocycles. The lowest BCUT2D eigenvalue weighted by Gasteiger charge is -2.30. The molecular weight excluding hydrogens is 516 g/mol. The Labute approximate surface area is 230 Å². The summed E-state index contributed by atoms with van der Waals surface area (Å²) in [5, 5.41) is 24.2. The fraction of sp³-hybridized carbons (Fsp3) is 0.444. The van der Waals surface area contributed by atoms with Crippen LogP contribution in [0.2, 0.25) is 0 Å². The molecule has 0 saturated carbocycles. The van der Waals surface area contributed by atoms with E-state index in [1.807, 2.05) is 26.2 Å². The molecule has 0 unspecified atom stereocenters. The maximum absolute atomic E-state index is 13.3. The average Bonchev–Trinajstić information content (AvgIpc) is 3.65. The van der Waals surface area contributed by atoms with E-state index in [1.54, 1.807) is 34.6 Å². The van der Waals surface area contributed by atoms with Crippen LogP contribution in [0.1, 0.15) is 56.6 Å². The minimum absolute atomic E-state index is 0.0110. The molecule has 0 spiro atoms. The number of aliphatic hydroxyl groups excluding tert-OH is 1. The van der Waals surface area contributed by atoms with Crippen molar-refractivity contribution in [2.75, 3.05) is 30.3 Å². The second-order valence-electron chi connectivity index (χ2n) is 11.2.